The van der Waals surface area contributed by atoms with Crippen molar-refractivity contribution in [3.05, 3.63) is 95.2 Å². The number of nitrogens with zero attached hydrogens (tertiary/aromatic N) is 2. The molecule has 0 saturated heterocycles. The number of phenolic OH excluding ortho intramolecular Hbond substituents is 1. The van der Waals surface area contributed by atoms with Crippen LogP contribution in [0.5, 0.6) is 17.2 Å². The number of ether oxygens (including phenoxy) is 2. The van der Waals surface area contributed by atoms with Crippen LogP contribution in [0.25, 0.3) is 11.3 Å². The van der Waals surface area contributed by atoms with Gasteiger partial charge >= 0.3 is 0 Å². The zero-order valence-electron chi connectivity index (χ0n) is 18.8. The van der Waals surface area contributed by atoms with E-state index in [2.05, 4.69) is 39.8 Å². The third-order valence-corrected chi connectivity index (χ3v) is 5.08. The topological polar surface area (TPSA) is 109 Å². The highest BCUT2D eigenvalue weighted by molar-refractivity contribution is 5.94. The van der Waals surface area contributed by atoms with Crippen molar-refractivity contribution in [3.63, 3.8) is 0 Å². The molecular weight excluding hydrogens is 432 g/mol. The Morgan fingerprint density at radius 3 is 2.59 bits per heavy atom. The molecular formula is C26H24N4O4. The van der Waals surface area contributed by atoms with Gasteiger partial charge in [-0.1, -0.05) is 29.8 Å². The van der Waals surface area contributed by atoms with Gasteiger partial charge in [0.05, 0.1) is 19.0 Å². The fourth-order valence-corrected chi connectivity index (χ4v) is 3.16. The first-order valence-corrected chi connectivity index (χ1v) is 10.6. The minimum absolute atomic E-state index is 0.0273. The van der Waals surface area contributed by atoms with Crippen molar-refractivity contribution in [2.45, 2.75) is 13.5 Å². The molecule has 0 aliphatic heterocycles. The van der Waals surface area contributed by atoms with E-state index in [1.54, 1.807) is 18.2 Å². The summed E-state index contributed by atoms with van der Waals surface area (Å²) in [6, 6.07) is 22.1. The van der Waals surface area contributed by atoms with Crippen LogP contribution in [0.4, 0.5) is 0 Å². The molecule has 8 heteroatoms. The molecule has 4 rings (SSSR count). The zero-order chi connectivity index (χ0) is 23.9. The number of rotatable bonds is 8. The van der Waals surface area contributed by atoms with Gasteiger partial charge in [-0.25, -0.2) is 5.43 Å². The molecule has 0 fully saturated rings. The van der Waals surface area contributed by atoms with E-state index in [0.29, 0.717) is 23.6 Å². The predicted molar refractivity (Wildman–Crippen MR) is 129 cm³/mol. The first-order valence-electron chi connectivity index (χ1n) is 10.6. The Bertz CT molecular complexity index is 1300. The van der Waals surface area contributed by atoms with Crippen LogP contribution in [0.1, 0.15) is 27.2 Å². The number of aromatic nitrogens is 2. The molecule has 0 aliphatic carbocycles. The SMILES string of the molecule is COc1cc(/C=N/NC(=O)c2cc(-c3ccc(OCc4ccc(C)cc4)cc3)n[nH]2)ccc1O. The summed E-state index contributed by atoms with van der Waals surface area (Å²) in [5.74, 6) is 0.663. The molecule has 0 bridgehead atoms. The molecule has 4 aromatic rings. The lowest BCUT2D eigenvalue weighted by molar-refractivity contribution is 0.0950. The van der Waals surface area contributed by atoms with Crippen LogP contribution in [-0.2, 0) is 6.61 Å². The monoisotopic (exact) mass is 456 g/mol. The van der Waals surface area contributed by atoms with Crippen LogP contribution in [0, 0.1) is 6.92 Å². The Morgan fingerprint density at radius 1 is 1.09 bits per heavy atom. The van der Waals surface area contributed by atoms with E-state index < -0.39 is 5.91 Å². The number of H-pyrrole nitrogens is 1. The molecule has 0 aliphatic rings. The number of aryl methyl sites for hydroxylation is 1. The third kappa shape index (κ3) is 5.60. The molecule has 0 spiro atoms. The molecule has 0 unspecified atom stereocenters. The van der Waals surface area contributed by atoms with Crippen molar-refractivity contribution in [3.8, 4) is 28.5 Å². The quantitative estimate of drug-likeness (QED) is 0.268. The number of hydrogen-bond acceptors (Lipinski definition) is 6. The van der Waals surface area contributed by atoms with Crippen molar-refractivity contribution in [2.24, 2.45) is 5.10 Å². The molecule has 3 aromatic carbocycles. The van der Waals surface area contributed by atoms with Gasteiger partial charge in [0.1, 0.15) is 18.1 Å². The van der Waals surface area contributed by atoms with E-state index >= 15 is 0 Å². The number of hydrazone groups is 1. The van der Waals surface area contributed by atoms with Gasteiger partial charge < -0.3 is 14.6 Å². The molecule has 0 saturated carbocycles. The number of carbonyl (C=O) groups is 1. The van der Waals surface area contributed by atoms with E-state index in [9.17, 15) is 9.90 Å². The second kappa shape index (κ2) is 10.4. The Kier molecular flexibility index (Phi) is 6.88. The molecule has 0 radical (unpaired) electrons. The van der Waals surface area contributed by atoms with Gasteiger partial charge in [-0.15, -0.1) is 0 Å². The summed E-state index contributed by atoms with van der Waals surface area (Å²) in [7, 11) is 1.46. The van der Waals surface area contributed by atoms with Crippen molar-refractivity contribution in [1.82, 2.24) is 15.6 Å². The van der Waals surface area contributed by atoms with E-state index in [1.165, 1.54) is 25.0 Å². The molecule has 1 amide bonds. The van der Waals surface area contributed by atoms with Gasteiger partial charge in [-0.2, -0.15) is 10.2 Å². The summed E-state index contributed by atoms with van der Waals surface area (Å²) in [5.41, 5.74) is 7.16. The van der Waals surface area contributed by atoms with Crippen LogP contribution in [-0.4, -0.2) is 34.5 Å². The minimum Gasteiger partial charge on any atom is -0.504 e. The minimum atomic E-state index is -0.432. The van der Waals surface area contributed by atoms with E-state index in [1.807, 2.05) is 36.4 Å². The molecule has 8 nitrogen and oxygen atoms in total. The van der Waals surface area contributed by atoms with E-state index in [-0.39, 0.29) is 11.4 Å². The normalized spacial score (nSPS) is 10.9. The lowest BCUT2D eigenvalue weighted by Crippen LogP contribution is -2.18. The standard InChI is InChI=1S/C26H24N4O4/c1-17-3-5-18(6-4-17)16-34-21-10-8-20(9-11-21)22-14-23(29-28-22)26(32)30-27-15-19-7-12-24(31)25(13-19)33-2/h3-15,31H,16H2,1-2H3,(H,28,29)(H,30,32)/b27-15+. The summed E-state index contributed by atoms with van der Waals surface area (Å²) in [4.78, 5) is 12.4. The van der Waals surface area contributed by atoms with Crippen LogP contribution < -0.4 is 14.9 Å². The average molecular weight is 457 g/mol. The molecule has 1 aromatic heterocycles. The third-order valence-electron chi connectivity index (χ3n) is 5.08. The number of benzene rings is 3. The van der Waals surface area contributed by atoms with Gasteiger partial charge in [0, 0.05) is 5.56 Å². The number of aromatic amines is 1. The summed E-state index contributed by atoms with van der Waals surface area (Å²) in [6.45, 7) is 2.54. The first kappa shape index (κ1) is 22.6. The summed E-state index contributed by atoms with van der Waals surface area (Å²) in [5, 5.41) is 20.5. The van der Waals surface area contributed by atoms with Crippen molar-refractivity contribution in [2.75, 3.05) is 7.11 Å². The van der Waals surface area contributed by atoms with Gasteiger partial charge in [-0.3, -0.25) is 9.89 Å². The van der Waals surface area contributed by atoms with Crippen LogP contribution in [0.3, 0.4) is 0 Å². The molecule has 1 heterocycles. The largest absolute Gasteiger partial charge is 0.504 e. The number of hydrogen-bond donors (Lipinski definition) is 3. The number of phenols is 1. The smallest absolute Gasteiger partial charge is 0.289 e. The fraction of sp³-hybridized carbons (Fsp3) is 0.115. The molecule has 3 N–H and O–H groups in total. The lowest BCUT2D eigenvalue weighted by Gasteiger charge is -2.07. The van der Waals surface area contributed by atoms with Gasteiger partial charge in [0.2, 0.25) is 0 Å². The van der Waals surface area contributed by atoms with Gasteiger partial charge in [-0.05, 0) is 66.6 Å². The Hall–Kier alpha value is -4.59. The number of methoxy groups -OCH3 is 1. The molecule has 172 valence electrons. The highest BCUT2D eigenvalue weighted by Crippen LogP contribution is 2.25. The van der Waals surface area contributed by atoms with Crippen molar-refractivity contribution < 1.29 is 19.4 Å². The maximum Gasteiger partial charge on any atom is 0.289 e. The second-order valence-corrected chi connectivity index (χ2v) is 7.60. The maximum absolute atomic E-state index is 12.4. The second-order valence-electron chi connectivity index (χ2n) is 7.60. The van der Waals surface area contributed by atoms with Crippen LogP contribution in [0.2, 0.25) is 0 Å². The first-order chi connectivity index (χ1) is 16.5. The Balaban J connectivity index is 1.34. The van der Waals surface area contributed by atoms with Crippen molar-refractivity contribution >= 4 is 12.1 Å². The maximum atomic E-state index is 12.4. The van der Waals surface area contributed by atoms with Gasteiger partial charge in [0.15, 0.2) is 11.5 Å². The van der Waals surface area contributed by atoms with Crippen LogP contribution >= 0.6 is 0 Å². The number of aromatic hydroxyl groups is 1. The summed E-state index contributed by atoms with van der Waals surface area (Å²) in [6.07, 6.45) is 1.45. The predicted octanol–water partition coefficient (Wildman–Crippen LogP) is 4.44. The highest BCUT2D eigenvalue weighted by atomic mass is 16.5. The molecule has 34 heavy (non-hydrogen) atoms. The Morgan fingerprint density at radius 2 is 1.85 bits per heavy atom. The lowest BCUT2D eigenvalue weighted by atomic mass is 10.1. The fourth-order valence-electron chi connectivity index (χ4n) is 3.16. The Labute approximate surface area is 196 Å². The molecule has 0 atom stereocenters. The highest BCUT2D eigenvalue weighted by Gasteiger charge is 2.11. The number of amides is 1. The van der Waals surface area contributed by atoms with Crippen LogP contribution in [0.15, 0.2) is 77.9 Å². The zero-order valence-corrected chi connectivity index (χ0v) is 18.8. The number of carbonyl (C=O) groups excluding carboxylic acids is 1. The van der Waals surface area contributed by atoms with E-state index in [4.69, 9.17) is 9.47 Å². The van der Waals surface area contributed by atoms with E-state index in [0.717, 1.165) is 16.9 Å². The van der Waals surface area contributed by atoms with Crippen molar-refractivity contribution in [1.29, 1.82) is 0 Å². The summed E-state index contributed by atoms with van der Waals surface area (Å²) >= 11 is 0. The van der Waals surface area contributed by atoms with Gasteiger partial charge in [0.25, 0.3) is 5.91 Å². The number of nitrogens with one attached hydrogen (secondary N) is 2. The average Bonchev–Trinajstić information content (AvgIpc) is 3.35. The summed E-state index contributed by atoms with van der Waals surface area (Å²) < 4.78 is 10.9.